The van der Waals surface area contributed by atoms with E-state index in [1.165, 1.54) is 19.3 Å². The number of hydrogen-bond donors (Lipinski definition) is 2. The molecule has 0 saturated heterocycles. The normalized spacial score (nSPS) is 13.0. The molecule has 130 valence electrons. The van der Waals surface area contributed by atoms with Gasteiger partial charge < -0.3 is 5.11 Å². The van der Waals surface area contributed by atoms with Crippen LogP contribution in [0.3, 0.4) is 0 Å². The van der Waals surface area contributed by atoms with E-state index >= 15 is 0 Å². The van der Waals surface area contributed by atoms with Crippen LogP contribution < -0.4 is 4.72 Å². The molecule has 0 amide bonds. The van der Waals surface area contributed by atoms with Gasteiger partial charge in [-0.3, -0.25) is 4.79 Å². The zero-order chi connectivity index (χ0) is 17.3. The lowest BCUT2D eigenvalue weighted by Gasteiger charge is -2.14. The molecule has 5 nitrogen and oxygen atoms in total. The highest BCUT2D eigenvalue weighted by molar-refractivity contribution is 7.89. The van der Waals surface area contributed by atoms with Crippen molar-refractivity contribution in [1.29, 1.82) is 0 Å². The fourth-order valence-electron chi connectivity index (χ4n) is 2.37. The lowest BCUT2D eigenvalue weighted by atomic mass is 10.1. The van der Waals surface area contributed by atoms with Gasteiger partial charge in [-0.25, -0.2) is 8.42 Å². The predicted octanol–water partition coefficient (Wildman–Crippen LogP) is 3.34. The molecule has 0 aliphatic heterocycles. The van der Waals surface area contributed by atoms with Gasteiger partial charge in [-0.1, -0.05) is 51.7 Å². The van der Waals surface area contributed by atoms with Crippen LogP contribution in [-0.2, 0) is 21.2 Å². The van der Waals surface area contributed by atoms with E-state index in [2.05, 4.69) is 11.6 Å². The molecule has 1 atom stereocenters. The molecular weight excluding hydrogens is 314 g/mol. The van der Waals surface area contributed by atoms with E-state index in [4.69, 9.17) is 5.11 Å². The van der Waals surface area contributed by atoms with Crippen LogP contribution in [0.5, 0.6) is 0 Å². The van der Waals surface area contributed by atoms with Crippen molar-refractivity contribution in [2.45, 2.75) is 69.7 Å². The first kappa shape index (κ1) is 19.6. The molecule has 0 heterocycles. The van der Waals surface area contributed by atoms with Crippen LogP contribution in [0.15, 0.2) is 29.2 Å². The molecule has 2 N–H and O–H groups in total. The van der Waals surface area contributed by atoms with E-state index in [0.29, 0.717) is 6.42 Å². The van der Waals surface area contributed by atoms with Gasteiger partial charge in [0.15, 0.2) is 0 Å². The third-order valence-electron chi connectivity index (χ3n) is 3.73. The number of carboxylic acid groups (broad SMARTS) is 1. The number of carboxylic acids is 1. The van der Waals surface area contributed by atoms with Crippen LogP contribution in [0.1, 0.15) is 57.9 Å². The smallest absolute Gasteiger partial charge is 0.321 e. The van der Waals surface area contributed by atoms with Crippen LogP contribution >= 0.6 is 0 Å². The third kappa shape index (κ3) is 6.71. The Morgan fingerprint density at radius 1 is 1.09 bits per heavy atom. The molecule has 0 aliphatic carbocycles. The predicted molar refractivity (Wildman–Crippen MR) is 90.9 cm³/mol. The minimum absolute atomic E-state index is 0.108. The Labute approximate surface area is 139 Å². The molecule has 0 saturated carbocycles. The van der Waals surface area contributed by atoms with Crippen LogP contribution in [0.25, 0.3) is 0 Å². The second-order valence-electron chi connectivity index (χ2n) is 5.76. The first-order valence-electron chi connectivity index (χ1n) is 8.24. The lowest BCUT2D eigenvalue weighted by Crippen LogP contribution is -2.40. The molecule has 6 heteroatoms. The zero-order valence-corrected chi connectivity index (χ0v) is 14.7. The Balaban J connectivity index is 2.71. The second-order valence-corrected chi connectivity index (χ2v) is 7.47. The van der Waals surface area contributed by atoms with Gasteiger partial charge in [-0.2, -0.15) is 4.72 Å². The molecule has 23 heavy (non-hydrogen) atoms. The minimum atomic E-state index is -3.80. The number of aryl methyl sites for hydroxylation is 1. The van der Waals surface area contributed by atoms with Gasteiger partial charge in [0.1, 0.15) is 6.04 Å². The summed E-state index contributed by atoms with van der Waals surface area (Å²) < 4.78 is 26.8. The fourth-order valence-corrected chi connectivity index (χ4v) is 3.59. The van der Waals surface area contributed by atoms with E-state index < -0.39 is 22.0 Å². The van der Waals surface area contributed by atoms with Crippen LogP contribution in [-0.4, -0.2) is 25.5 Å². The summed E-state index contributed by atoms with van der Waals surface area (Å²) in [5.41, 5.74) is 1.10. The largest absolute Gasteiger partial charge is 0.480 e. The maximum atomic E-state index is 12.3. The van der Waals surface area contributed by atoms with Crippen molar-refractivity contribution < 1.29 is 18.3 Å². The second kappa shape index (κ2) is 9.67. The summed E-state index contributed by atoms with van der Waals surface area (Å²) in [6.45, 7) is 3.98. The zero-order valence-electron chi connectivity index (χ0n) is 13.9. The molecule has 0 spiro atoms. The van der Waals surface area contributed by atoms with Gasteiger partial charge in [-0.15, -0.1) is 0 Å². The number of carbonyl (C=O) groups is 1. The van der Waals surface area contributed by atoms with Crippen molar-refractivity contribution in [2.75, 3.05) is 0 Å². The third-order valence-corrected chi connectivity index (χ3v) is 5.21. The van der Waals surface area contributed by atoms with Crippen LogP contribution in [0.4, 0.5) is 0 Å². The van der Waals surface area contributed by atoms with Crippen molar-refractivity contribution >= 4 is 16.0 Å². The Bertz CT molecular complexity index is 581. The highest BCUT2D eigenvalue weighted by Gasteiger charge is 2.24. The average Bonchev–Trinajstić information content (AvgIpc) is 2.51. The monoisotopic (exact) mass is 341 g/mol. The fraction of sp³-hybridized carbons (Fsp3) is 0.588. The maximum Gasteiger partial charge on any atom is 0.321 e. The van der Waals surface area contributed by atoms with E-state index in [-0.39, 0.29) is 11.3 Å². The Hall–Kier alpha value is -1.40. The van der Waals surface area contributed by atoms with Crippen LogP contribution in [0, 0.1) is 0 Å². The topological polar surface area (TPSA) is 83.5 Å². The summed E-state index contributed by atoms with van der Waals surface area (Å²) in [7, 11) is -3.80. The summed E-state index contributed by atoms with van der Waals surface area (Å²) in [6.07, 6.45) is 6.46. The molecule has 0 radical (unpaired) electrons. The molecule has 1 aromatic carbocycles. The molecule has 1 unspecified atom stereocenters. The number of rotatable bonds is 11. The van der Waals surface area contributed by atoms with Crippen molar-refractivity contribution in [3.8, 4) is 0 Å². The van der Waals surface area contributed by atoms with E-state index in [9.17, 15) is 13.2 Å². The summed E-state index contributed by atoms with van der Waals surface area (Å²) in [4.78, 5) is 11.2. The molecule has 0 fully saturated rings. The van der Waals surface area contributed by atoms with Gasteiger partial charge in [0.25, 0.3) is 0 Å². The number of aliphatic carboxylic acids is 1. The Morgan fingerprint density at radius 2 is 1.74 bits per heavy atom. The van der Waals surface area contributed by atoms with Gasteiger partial charge in [-0.05, 0) is 37.0 Å². The number of benzene rings is 1. The summed E-state index contributed by atoms with van der Waals surface area (Å²) >= 11 is 0. The highest BCUT2D eigenvalue weighted by Crippen LogP contribution is 2.14. The first-order chi connectivity index (χ1) is 10.9. The first-order valence-corrected chi connectivity index (χ1v) is 9.73. The lowest BCUT2D eigenvalue weighted by molar-refractivity contribution is -0.139. The van der Waals surface area contributed by atoms with Crippen LogP contribution in [0.2, 0.25) is 0 Å². The highest BCUT2D eigenvalue weighted by atomic mass is 32.2. The van der Waals surface area contributed by atoms with E-state index in [0.717, 1.165) is 18.4 Å². The molecule has 0 bridgehead atoms. The molecule has 0 aliphatic rings. The van der Waals surface area contributed by atoms with Crippen molar-refractivity contribution in [3.63, 3.8) is 0 Å². The maximum absolute atomic E-state index is 12.3. The molecule has 0 aromatic heterocycles. The van der Waals surface area contributed by atoms with Gasteiger partial charge in [0, 0.05) is 0 Å². The molecular formula is C17H27NO4S. The molecule has 1 rings (SSSR count). The average molecular weight is 341 g/mol. The van der Waals surface area contributed by atoms with E-state index in [1.807, 2.05) is 6.92 Å². The Kier molecular flexibility index (Phi) is 8.26. The van der Waals surface area contributed by atoms with Crippen molar-refractivity contribution in [3.05, 3.63) is 29.8 Å². The van der Waals surface area contributed by atoms with Gasteiger partial charge >= 0.3 is 5.97 Å². The number of hydrogen-bond acceptors (Lipinski definition) is 3. The number of sulfonamides is 1. The van der Waals surface area contributed by atoms with Gasteiger partial charge in [0.05, 0.1) is 4.90 Å². The number of nitrogens with one attached hydrogen (secondary N) is 1. The van der Waals surface area contributed by atoms with Gasteiger partial charge in [0.2, 0.25) is 10.0 Å². The molecule has 1 aromatic rings. The quantitative estimate of drug-likeness (QED) is 0.605. The standard InChI is InChI=1S/C17H27NO4S/c1-3-5-6-7-9-14-10-12-15(13-11-14)23(21,22)18-16(8-4-2)17(19)20/h10-13,16,18H,3-9H2,1-2H3,(H,19,20). The number of unbranched alkanes of at least 4 members (excludes halogenated alkanes) is 3. The van der Waals surface area contributed by atoms with Crippen molar-refractivity contribution in [1.82, 2.24) is 4.72 Å². The van der Waals surface area contributed by atoms with Crippen molar-refractivity contribution in [2.24, 2.45) is 0 Å². The Morgan fingerprint density at radius 3 is 2.26 bits per heavy atom. The SMILES string of the molecule is CCCCCCc1ccc(S(=O)(=O)NC(CCC)C(=O)O)cc1. The summed E-state index contributed by atoms with van der Waals surface area (Å²) in [5.74, 6) is -1.15. The minimum Gasteiger partial charge on any atom is -0.480 e. The summed E-state index contributed by atoms with van der Waals surface area (Å²) in [5, 5.41) is 9.07. The summed E-state index contributed by atoms with van der Waals surface area (Å²) in [6, 6.07) is 5.61. The van der Waals surface area contributed by atoms with E-state index in [1.54, 1.807) is 24.3 Å².